The second kappa shape index (κ2) is 10.6. The molecule has 174 valence electrons. The van der Waals surface area contributed by atoms with Crippen molar-refractivity contribution in [3.8, 4) is 17.4 Å². The molecule has 0 aliphatic heterocycles. The van der Waals surface area contributed by atoms with E-state index in [1.165, 1.54) is 0 Å². The maximum Gasteiger partial charge on any atom is 0.250 e. The van der Waals surface area contributed by atoms with E-state index in [1.807, 2.05) is 18.2 Å². The molecule has 0 spiro atoms. The molecule has 2 aromatic carbocycles. The molecule has 0 radical (unpaired) electrons. The zero-order chi connectivity index (χ0) is 24.0. The van der Waals surface area contributed by atoms with Crippen LogP contribution in [0, 0.1) is 11.3 Å². The van der Waals surface area contributed by atoms with Gasteiger partial charge in [-0.2, -0.15) is 5.26 Å². The van der Waals surface area contributed by atoms with E-state index in [0.29, 0.717) is 5.76 Å². The molecule has 1 aromatic heterocycles. The average Bonchev–Trinajstić information content (AvgIpc) is 3.30. The van der Waals surface area contributed by atoms with Crippen molar-refractivity contribution >= 4 is 32.6 Å². The minimum absolute atomic E-state index is 0.201. The third-order valence-electron chi connectivity index (χ3n) is 5.26. The Morgan fingerprint density at radius 1 is 1.15 bits per heavy atom. The molecule has 0 aliphatic rings. The van der Waals surface area contributed by atoms with Gasteiger partial charge < -0.3 is 19.5 Å². The van der Waals surface area contributed by atoms with Gasteiger partial charge in [0.25, 0.3) is 10.0 Å². The van der Waals surface area contributed by atoms with Gasteiger partial charge in [-0.25, -0.2) is 13.1 Å². The van der Waals surface area contributed by atoms with Crippen LogP contribution in [0.4, 0.5) is 5.69 Å². The van der Waals surface area contributed by atoms with Crippen molar-refractivity contribution in [3.63, 3.8) is 0 Å². The van der Waals surface area contributed by atoms with Gasteiger partial charge in [0.05, 0.1) is 12.7 Å². The first-order chi connectivity index (χ1) is 15.8. The van der Waals surface area contributed by atoms with Crippen LogP contribution in [0.5, 0.6) is 0 Å². The molecule has 0 amide bonds. The molecule has 3 rings (SSSR count). The fraction of sp³-hybridized carbons (Fsp3) is 0.292. The number of hydrogen-bond acceptors (Lipinski definition) is 7. The van der Waals surface area contributed by atoms with Crippen LogP contribution < -0.4 is 9.62 Å². The number of fused-ring (bicyclic) bond motifs is 1. The Hall–Kier alpha value is -3.16. The Bertz CT molecular complexity index is 1290. The van der Waals surface area contributed by atoms with E-state index < -0.39 is 34.2 Å². The zero-order valence-electron chi connectivity index (χ0n) is 18.5. The molecule has 0 bridgehead atoms. The molecular weight excluding hydrogens is 442 g/mol. The van der Waals surface area contributed by atoms with Crippen LogP contribution >= 0.6 is 0 Å². The number of nitriles is 1. The minimum atomic E-state index is -4.16. The molecule has 1 heterocycles. The van der Waals surface area contributed by atoms with Crippen molar-refractivity contribution in [1.29, 1.82) is 5.26 Å². The van der Waals surface area contributed by atoms with Crippen LogP contribution in [0.15, 0.2) is 57.9 Å². The summed E-state index contributed by atoms with van der Waals surface area (Å²) in [6, 6.07) is 17.1. The lowest BCUT2D eigenvalue weighted by molar-refractivity contribution is 0.0989. The minimum Gasteiger partial charge on any atom is -0.457 e. The van der Waals surface area contributed by atoms with E-state index in [4.69, 9.17) is 9.52 Å². The number of aliphatic hydroxyl groups is 2. The fourth-order valence-electron chi connectivity index (χ4n) is 3.40. The quantitative estimate of drug-likeness (QED) is 0.389. The second-order valence-electron chi connectivity index (χ2n) is 7.43. The summed E-state index contributed by atoms with van der Waals surface area (Å²) in [6.45, 7) is 5.10. The molecule has 33 heavy (non-hydrogen) atoms. The van der Waals surface area contributed by atoms with Gasteiger partial charge >= 0.3 is 0 Å². The predicted molar refractivity (Wildman–Crippen MR) is 129 cm³/mol. The molecule has 8 nitrogen and oxygen atoms in total. The summed E-state index contributed by atoms with van der Waals surface area (Å²) in [5.74, 6) is 0.737. The zero-order valence-corrected chi connectivity index (χ0v) is 19.3. The first-order valence-electron chi connectivity index (χ1n) is 10.6. The predicted octanol–water partition coefficient (Wildman–Crippen LogP) is 3.08. The summed E-state index contributed by atoms with van der Waals surface area (Å²) in [5, 5.41) is 29.6. The highest BCUT2D eigenvalue weighted by Gasteiger charge is 2.19. The summed E-state index contributed by atoms with van der Waals surface area (Å²) >= 11 is 0. The third-order valence-corrected chi connectivity index (χ3v) is 6.59. The van der Waals surface area contributed by atoms with Gasteiger partial charge in [0, 0.05) is 37.0 Å². The van der Waals surface area contributed by atoms with Crippen LogP contribution in [-0.4, -0.2) is 51.0 Å². The summed E-state index contributed by atoms with van der Waals surface area (Å²) in [6.07, 6.45) is -0.139. The van der Waals surface area contributed by atoms with Crippen LogP contribution in [0.2, 0.25) is 0 Å². The van der Waals surface area contributed by atoms with E-state index in [2.05, 4.69) is 41.7 Å². The third kappa shape index (κ3) is 5.80. The number of hydrogen-bond donors (Lipinski definition) is 3. The molecule has 0 saturated heterocycles. The molecule has 1 unspecified atom stereocenters. The second-order valence-corrected chi connectivity index (χ2v) is 9.16. The maximum atomic E-state index is 12.3. The SMILES string of the molecule is CCN(CC)c1ccc2cc(-c3ccc(C=C(C#N)S(=O)(=O)NCC(O)CO)o3)ccc2c1. The lowest BCUT2D eigenvalue weighted by atomic mass is 10.0. The van der Waals surface area contributed by atoms with Gasteiger partial charge in [-0.05, 0) is 55.0 Å². The van der Waals surface area contributed by atoms with Crippen molar-refractivity contribution in [1.82, 2.24) is 4.72 Å². The van der Waals surface area contributed by atoms with Gasteiger partial charge in [0.1, 0.15) is 17.6 Å². The number of rotatable bonds is 10. The Kier molecular flexibility index (Phi) is 7.89. The fourth-order valence-corrected chi connectivity index (χ4v) is 4.36. The lowest BCUT2D eigenvalue weighted by Gasteiger charge is -2.21. The summed E-state index contributed by atoms with van der Waals surface area (Å²) in [7, 11) is -4.16. The number of furan rings is 1. The average molecular weight is 470 g/mol. The van der Waals surface area contributed by atoms with Crippen LogP contribution in [0.1, 0.15) is 19.6 Å². The number of nitrogens with one attached hydrogen (secondary N) is 1. The largest absolute Gasteiger partial charge is 0.457 e. The number of sulfonamides is 1. The molecule has 1 atom stereocenters. The molecule has 0 aliphatic carbocycles. The van der Waals surface area contributed by atoms with Crippen molar-refractivity contribution in [2.75, 3.05) is 31.1 Å². The molecular formula is C24H27N3O5S. The molecule has 9 heteroatoms. The Morgan fingerprint density at radius 3 is 2.52 bits per heavy atom. The number of benzene rings is 2. The number of anilines is 1. The van der Waals surface area contributed by atoms with Crippen molar-refractivity contribution in [2.45, 2.75) is 20.0 Å². The molecule has 3 aromatic rings. The summed E-state index contributed by atoms with van der Waals surface area (Å²) in [4.78, 5) is 1.72. The van der Waals surface area contributed by atoms with Crippen molar-refractivity contribution < 1.29 is 23.0 Å². The van der Waals surface area contributed by atoms with Gasteiger partial charge in [0.2, 0.25) is 0 Å². The monoisotopic (exact) mass is 469 g/mol. The van der Waals surface area contributed by atoms with E-state index in [0.717, 1.165) is 41.2 Å². The standard InChI is InChI=1S/C24H27N3O5S/c1-3-27(4-2)20-8-7-17-11-19(6-5-18(17)12-20)24-10-9-22(32-24)13-23(14-25)33(30,31)26-15-21(29)16-28/h5-13,21,26,28-29H,3-4,15-16H2,1-2H3. The van der Waals surface area contributed by atoms with E-state index in [1.54, 1.807) is 18.2 Å². The topological polar surface area (TPSA) is 127 Å². The van der Waals surface area contributed by atoms with E-state index in [9.17, 15) is 18.8 Å². The molecule has 0 fully saturated rings. The van der Waals surface area contributed by atoms with Crippen LogP contribution in [0.3, 0.4) is 0 Å². The highest BCUT2D eigenvalue weighted by Crippen LogP contribution is 2.29. The van der Waals surface area contributed by atoms with Crippen LogP contribution in [-0.2, 0) is 10.0 Å². The number of nitrogens with zero attached hydrogens (tertiary/aromatic N) is 2. The lowest BCUT2D eigenvalue weighted by Crippen LogP contribution is -2.34. The van der Waals surface area contributed by atoms with Gasteiger partial charge in [-0.3, -0.25) is 0 Å². The highest BCUT2D eigenvalue weighted by atomic mass is 32.2. The maximum absolute atomic E-state index is 12.3. The van der Waals surface area contributed by atoms with Crippen molar-refractivity contribution in [3.05, 3.63) is 59.2 Å². The van der Waals surface area contributed by atoms with Gasteiger partial charge in [-0.1, -0.05) is 18.2 Å². The summed E-state index contributed by atoms with van der Waals surface area (Å²) in [5.41, 5.74) is 1.99. The Labute approximate surface area is 193 Å². The highest BCUT2D eigenvalue weighted by molar-refractivity contribution is 7.93. The van der Waals surface area contributed by atoms with Crippen LogP contribution in [0.25, 0.3) is 28.2 Å². The Morgan fingerprint density at radius 2 is 1.85 bits per heavy atom. The van der Waals surface area contributed by atoms with Gasteiger partial charge in [-0.15, -0.1) is 0 Å². The van der Waals surface area contributed by atoms with E-state index >= 15 is 0 Å². The molecule has 0 saturated carbocycles. The van der Waals surface area contributed by atoms with E-state index in [-0.39, 0.29) is 5.76 Å². The van der Waals surface area contributed by atoms with Gasteiger partial charge in [0.15, 0.2) is 4.91 Å². The molecule has 3 N–H and O–H groups in total. The number of aliphatic hydroxyl groups excluding tert-OH is 2. The normalized spacial score (nSPS) is 13.1. The summed E-state index contributed by atoms with van der Waals surface area (Å²) < 4.78 is 32.4. The Balaban J connectivity index is 1.85. The first-order valence-corrected chi connectivity index (χ1v) is 12.1. The van der Waals surface area contributed by atoms with Crippen molar-refractivity contribution in [2.24, 2.45) is 0 Å². The number of allylic oxidation sites excluding steroid dienone is 1. The smallest absolute Gasteiger partial charge is 0.250 e. The first kappa shape index (κ1) is 24.5.